The van der Waals surface area contributed by atoms with E-state index >= 15 is 0 Å². The molecule has 2 fully saturated rings. The number of aromatic nitrogens is 1. The minimum atomic E-state index is -0.0334. The van der Waals surface area contributed by atoms with Crippen molar-refractivity contribution in [3.8, 4) is 0 Å². The van der Waals surface area contributed by atoms with Crippen LogP contribution < -0.4 is 5.32 Å². The van der Waals surface area contributed by atoms with Gasteiger partial charge < -0.3 is 5.32 Å². The van der Waals surface area contributed by atoms with Crippen molar-refractivity contribution in [1.82, 2.24) is 15.2 Å². The number of fused-ring (bicyclic) bond motifs is 6. The fourth-order valence-corrected chi connectivity index (χ4v) is 7.43. The third-order valence-corrected chi connectivity index (χ3v) is 9.59. The zero-order chi connectivity index (χ0) is 27.1. The highest BCUT2D eigenvalue weighted by Crippen LogP contribution is 2.53. The summed E-state index contributed by atoms with van der Waals surface area (Å²) >= 11 is 6.36. The van der Waals surface area contributed by atoms with E-state index in [1.54, 1.807) is 6.07 Å². The first-order valence-corrected chi connectivity index (χ1v) is 15.1. The summed E-state index contributed by atoms with van der Waals surface area (Å²) in [5, 5.41) is 4.67. The van der Waals surface area contributed by atoms with E-state index in [0.29, 0.717) is 40.5 Å². The van der Waals surface area contributed by atoms with Gasteiger partial charge in [0.15, 0.2) is 5.78 Å². The fraction of sp³-hybridized carbons (Fsp3) is 0.485. The Morgan fingerprint density at radius 2 is 1.74 bits per heavy atom. The van der Waals surface area contributed by atoms with Gasteiger partial charge >= 0.3 is 0 Å². The van der Waals surface area contributed by atoms with Crippen LogP contribution in [0.5, 0.6) is 0 Å². The van der Waals surface area contributed by atoms with E-state index in [9.17, 15) is 9.59 Å². The predicted octanol–water partition coefficient (Wildman–Crippen LogP) is 7.75. The number of amides is 1. The van der Waals surface area contributed by atoms with Gasteiger partial charge in [-0.1, -0.05) is 36.7 Å². The first-order valence-electron chi connectivity index (χ1n) is 14.7. The second-order valence-corrected chi connectivity index (χ2v) is 12.2. The van der Waals surface area contributed by atoms with Gasteiger partial charge in [0, 0.05) is 46.8 Å². The van der Waals surface area contributed by atoms with Gasteiger partial charge in [-0.3, -0.25) is 19.5 Å². The molecule has 5 nitrogen and oxygen atoms in total. The van der Waals surface area contributed by atoms with Gasteiger partial charge in [0.25, 0.3) is 5.91 Å². The molecule has 1 N–H and O–H groups in total. The Labute approximate surface area is 236 Å². The molecule has 2 aromatic carbocycles. The first kappa shape index (κ1) is 26.5. The molecule has 0 radical (unpaired) electrons. The van der Waals surface area contributed by atoms with Gasteiger partial charge in [-0.2, -0.15) is 0 Å². The number of hydrogen-bond donors (Lipinski definition) is 1. The number of hydrogen-bond acceptors (Lipinski definition) is 4. The summed E-state index contributed by atoms with van der Waals surface area (Å²) in [7, 11) is 0. The smallest absolute Gasteiger partial charge is 0.252 e. The van der Waals surface area contributed by atoms with Crippen LogP contribution in [0.25, 0.3) is 10.9 Å². The van der Waals surface area contributed by atoms with E-state index in [1.165, 1.54) is 30.4 Å². The van der Waals surface area contributed by atoms with E-state index in [2.05, 4.69) is 40.3 Å². The zero-order valence-corrected chi connectivity index (χ0v) is 23.8. The maximum absolute atomic E-state index is 13.2. The lowest BCUT2D eigenvalue weighted by atomic mass is 9.84. The molecule has 1 aromatic heterocycles. The Hall–Kier alpha value is -2.76. The van der Waals surface area contributed by atoms with Crippen molar-refractivity contribution in [2.24, 2.45) is 5.92 Å². The van der Waals surface area contributed by atoms with Gasteiger partial charge in [0.05, 0.1) is 10.5 Å². The van der Waals surface area contributed by atoms with Crippen LogP contribution in [-0.2, 0) is 0 Å². The Bertz CT molecular complexity index is 1410. The quantitative estimate of drug-likeness (QED) is 0.295. The molecule has 0 unspecified atom stereocenters. The molecule has 1 aliphatic carbocycles. The van der Waals surface area contributed by atoms with Crippen molar-refractivity contribution < 1.29 is 9.59 Å². The summed E-state index contributed by atoms with van der Waals surface area (Å²) in [6.07, 6.45) is 9.52. The average Bonchev–Trinajstić information content (AvgIpc) is 3.49. The molecule has 6 rings (SSSR count). The van der Waals surface area contributed by atoms with Crippen molar-refractivity contribution in [2.75, 3.05) is 6.54 Å². The van der Waals surface area contributed by atoms with Gasteiger partial charge in [-0.05, 0) is 106 Å². The number of carbonyl (C=O) groups is 2. The van der Waals surface area contributed by atoms with Crippen LogP contribution in [0.3, 0.4) is 0 Å². The monoisotopic (exact) mass is 543 g/mol. The molecular weight excluding hydrogens is 506 g/mol. The summed E-state index contributed by atoms with van der Waals surface area (Å²) in [4.78, 5) is 32.9. The fourth-order valence-electron chi connectivity index (χ4n) is 7.23. The number of carbonyl (C=O) groups excluding carboxylic acids is 2. The molecule has 2 aliphatic heterocycles. The van der Waals surface area contributed by atoms with Crippen LogP contribution >= 0.6 is 11.6 Å². The van der Waals surface area contributed by atoms with E-state index in [0.717, 1.165) is 55.3 Å². The standard InChI is InChI=1S/C33H38ClN3O2/c1-3-4-31(38)22-8-12-24-27(19-22)30-16-15-29(24)37(30)18-17-21-6-9-23(10-7-21)36-33(39)26-13-14-28(34)32-25(26)11-5-20(2)35-32/h5,8,11-14,19,21,23,29-30H,3-4,6-7,9-10,15-18H2,1-2H3,(H,36,39)/t21?,23?,29-,30+/m0/s1. The summed E-state index contributed by atoms with van der Waals surface area (Å²) in [6.45, 7) is 5.12. The Balaban J connectivity index is 1.03. The second kappa shape index (κ2) is 11.0. The number of halogens is 1. The summed E-state index contributed by atoms with van der Waals surface area (Å²) in [5.41, 5.74) is 5.97. The molecule has 2 bridgehead atoms. The van der Waals surface area contributed by atoms with Gasteiger partial charge in [0.1, 0.15) is 0 Å². The number of nitrogens with zero attached hydrogens (tertiary/aromatic N) is 2. The van der Waals surface area contributed by atoms with E-state index in [1.807, 2.05) is 25.1 Å². The molecule has 39 heavy (non-hydrogen) atoms. The number of nitrogens with one attached hydrogen (secondary N) is 1. The molecule has 204 valence electrons. The summed E-state index contributed by atoms with van der Waals surface area (Å²) in [6, 6.07) is 15.1. The highest BCUT2D eigenvalue weighted by molar-refractivity contribution is 6.35. The summed E-state index contributed by atoms with van der Waals surface area (Å²) < 4.78 is 0. The molecular formula is C33H38ClN3O2. The second-order valence-electron chi connectivity index (χ2n) is 11.8. The minimum absolute atomic E-state index is 0.0334. The third kappa shape index (κ3) is 5.12. The number of rotatable bonds is 8. The van der Waals surface area contributed by atoms with E-state index in [-0.39, 0.29) is 17.7 Å². The number of aryl methyl sites for hydroxylation is 1. The van der Waals surface area contributed by atoms with Crippen LogP contribution in [0.4, 0.5) is 0 Å². The molecule has 1 saturated carbocycles. The largest absolute Gasteiger partial charge is 0.349 e. The molecule has 3 aliphatic rings. The molecule has 2 atom stereocenters. The average molecular weight is 544 g/mol. The Kier molecular flexibility index (Phi) is 7.47. The van der Waals surface area contributed by atoms with Crippen molar-refractivity contribution in [3.05, 3.63) is 75.4 Å². The first-order chi connectivity index (χ1) is 18.9. The molecule has 1 amide bonds. The molecule has 6 heteroatoms. The van der Waals surface area contributed by atoms with Crippen molar-refractivity contribution in [1.29, 1.82) is 0 Å². The van der Waals surface area contributed by atoms with Gasteiger partial charge in [0.2, 0.25) is 0 Å². The zero-order valence-electron chi connectivity index (χ0n) is 23.0. The maximum atomic E-state index is 13.2. The Morgan fingerprint density at radius 1 is 0.974 bits per heavy atom. The van der Waals surface area contributed by atoms with Crippen molar-refractivity contribution in [3.63, 3.8) is 0 Å². The molecule has 1 saturated heterocycles. The van der Waals surface area contributed by atoms with Crippen LogP contribution in [-0.4, -0.2) is 34.2 Å². The number of Topliss-reactive ketones (excluding diaryl/α,β-unsaturated/α-hetero) is 1. The van der Waals surface area contributed by atoms with Crippen LogP contribution in [0.15, 0.2) is 42.5 Å². The van der Waals surface area contributed by atoms with Gasteiger partial charge in [-0.15, -0.1) is 0 Å². The van der Waals surface area contributed by atoms with E-state index in [4.69, 9.17) is 11.6 Å². The SMILES string of the molecule is CCCC(=O)c1ccc2c(c1)[C@H]1CC[C@@H]2N1CCC1CCC(NC(=O)c2ccc(Cl)c3nc(C)ccc23)CC1. The third-order valence-electron chi connectivity index (χ3n) is 9.29. The lowest BCUT2D eigenvalue weighted by Crippen LogP contribution is -2.38. The van der Waals surface area contributed by atoms with Gasteiger partial charge in [-0.25, -0.2) is 0 Å². The lowest BCUT2D eigenvalue weighted by molar-refractivity contribution is 0.0919. The maximum Gasteiger partial charge on any atom is 0.252 e. The predicted molar refractivity (Wildman–Crippen MR) is 156 cm³/mol. The minimum Gasteiger partial charge on any atom is -0.349 e. The van der Waals surface area contributed by atoms with Crippen LogP contribution in [0.1, 0.15) is 114 Å². The summed E-state index contributed by atoms with van der Waals surface area (Å²) in [5.74, 6) is 0.940. The van der Waals surface area contributed by atoms with E-state index < -0.39 is 0 Å². The molecule has 0 spiro atoms. The number of ketones is 1. The molecule has 3 heterocycles. The molecule has 3 aromatic rings. The van der Waals surface area contributed by atoms with Crippen LogP contribution in [0.2, 0.25) is 5.02 Å². The number of benzene rings is 2. The number of pyridine rings is 1. The van der Waals surface area contributed by atoms with Crippen molar-refractivity contribution >= 4 is 34.2 Å². The normalized spacial score (nSPS) is 24.2. The Morgan fingerprint density at radius 3 is 2.51 bits per heavy atom. The van der Waals surface area contributed by atoms with Crippen molar-refractivity contribution in [2.45, 2.75) is 89.8 Å². The lowest BCUT2D eigenvalue weighted by Gasteiger charge is -2.31. The van der Waals surface area contributed by atoms with Crippen LogP contribution in [0, 0.1) is 12.8 Å². The highest BCUT2D eigenvalue weighted by atomic mass is 35.5. The topological polar surface area (TPSA) is 62.3 Å². The highest BCUT2D eigenvalue weighted by Gasteiger charge is 2.43.